The molecule has 0 radical (unpaired) electrons. The van der Waals surface area contributed by atoms with Gasteiger partial charge in [0.2, 0.25) is 0 Å². The molecule has 3 nitrogen and oxygen atoms in total. The van der Waals surface area contributed by atoms with E-state index >= 15 is 0 Å². The first-order valence-corrected chi connectivity index (χ1v) is 7.64. The Morgan fingerprint density at radius 3 is 3.18 bits per heavy atom. The van der Waals surface area contributed by atoms with Gasteiger partial charge in [0.1, 0.15) is 0 Å². The first kappa shape index (κ1) is 12.7. The lowest BCUT2D eigenvalue weighted by atomic mass is 10.3. The summed E-state index contributed by atoms with van der Waals surface area (Å²) in [6.45, 7) is 2.11. The van der Waals surface area contributed by atoms with Gasteiger partial charge in [0.25, 0.3) is 0 Å². The summed E-state index contributed by atoms with van der Waals surface area (Å²) in [6.07, 6.45) is 2.70. The van der Waals surface area contributed by atoms with Crippen LogP contribution in [0.3, 0.4) is 0 Å². The highest BCUT2D eigenvalue weighted by Gasteiger charge is 2.07. The maximum absolute atomic E-state index is 5.87. The van der Waals surface area contributed by atoms with Crippen molar-refractivity contribution in [2.24, 2.45) is 5.73 Å². The molecule has 5 heteroatoms. The van der Waals surface area contributed by atoms with E-state index in [2.05, 4.69) is 17.3 Å². The van der Waals surface area contributed by atoms with Crippen LogP contribution >= 0.6 is 23.1 Å². The van der Waals surface area contributed by atoms with Crippen LogP contribution in [0.5, 0.6) is 0 Å². The fourth-order valence-corrected chi connectivity index (χ4v) is 3.22. The Morgan fingerprint density at radius 2 is 2.47 bits per heavy atom. The molecule has 0 spiro atoms. The SMILES string of the molecule is CCC(N)CSCc1csc(-c2ccco2)n1. The summed E-state index contributed by atoms with van der Waals surface area (Å²) in [4.78, 5) is 4.54. The molecule has 2 aromatic rings. The third kappa shape index (κ3) is 3.59. The van der Waals surface area contributed by atoms with Crippen molar-refractivity contribution in [3.05, 3.63) is 29.5 Å². The number of hydrogen-bond acceptors (Lipinski definition) is 5. The second-order valence-corrected chi connectivity index (χ2v) is 5.69. The topological polar surface area (TPSA) is 52.0 Å². The Balaban J connectivity index is 1.87. The smallest absolute Gasteiger partial charge is 0.162 e. The van der Waals surface area contributed by atoms with Gasteiger partial charge in [-0.25, -0.2) is 4.98 Å². The highest BCUT2D eigenvalue weighted by molar-refractivity contribution is 7.98. The average Bonchev–Trinajstić information content (AvgIpc) is 2.98. The molecule has 0 aliphatic carbocycles. The number of nitrogens with two attached hydrogens (primary N) is 1. The van der Waals surface area contributed by atoms with Gasteiger partial charge in [0, 0.05) is 22.9 Å². The largest absolute Gasteiger partial charge is 0.462 e. The van der Waals surface area contributed by atoms with Crippen LogP contribution in [0.4, 0.5) is 0 Å². The third-order valence-corrected chi connectivity index (χ3v) is 4.46. The summed E-state index contributed by atoms with van der Waals surface area (Å²) in [5.74, 6) is 2.76. The summed E-state index contributed by atoms with van der Waals surface area (Å²) in [5.41, 5.74) is 6.97. The number of nitrogens with zero attached hydrogens (tertiary/aromatic N) is 1. The van der Waals surface area contributed by atoms with E-state index < -0.39 is 0 Å². The zero-order valence-corrected chi connectivity index (χ0v) is 11.4. The van der Waals surface area contributed by atoms with Crippen LogP contribution in [0, 0.1) is 0 Å². The number of thioether (sulfide) groups is 1. The van der Waals surface area contributed by atoms with E-state index in [0.29, 0.717) is 6.04 Å². The lowest BCUT2D eigenvalue weighted by Gasteiger charge is -2.06. The molecule has 2 aromatic heterocycles. The molecule has 0 fully saturated rings. The van der Waals surface area contributed by atoms with Crippen molar-refractivity contribution in [2.45, 2.75) is 25.1 Å². The molecule has 0 saturated carbocycles. The highest BCUT2D eigenvalue weighted by Crippen LogP contribution is 2.25. The fraction of sp³-hybridized carbons (Fsp3) is 0.417. The Labute approximate surface area is 109 Å². The van der Waals surface area contributed by atoms with Crippen LogP contribution in [-0.4, -0.2) is 16.8 Å². The van der Waals surface area contributed by atoms with Gasteiger partial charge in [0.15, 0.2) is 10.8 Å². The van der Waals surface area contributed by atoms with Gasteiger partial charge in [-0.1, -0.05) is 6.92 Å². The van der Waals surface area contributed by atoms with Gasteiger partial charge in [-0.05, 0) is 18.6 Å². The molecule has 2 heterocycles. The van der Waals surface area contributed by atoms with Crippen molar-refractivity contribution in [2.75, 3.05) is 5.75 Å². The zero-order valence-electron chi connectivity index (χ0n) is 9.76. The van der Waals surface area contributed by atoms with E-state index in [1.54, 1.807) is 17.6 Å². The second-order valence-electron chi connectivity index (χ2n) is 3.80. The number of rotatable bonds is 6. The molecule has 1 unspecified atom stereocenters. The number of hydrogen-bond donors (Lipinski definition) is 1. The summed E-state index contributed by atoms with van der Waals surface area (Å²) >= 11 is 3.46. The van der Waals surface area contributed by atoms with Crippen molar-refractivity contribution in [1.29, 1.82) is 0 Å². The molecule has 0 saturated heterocycles. The molecule has 92 valence electrons. The third-order valence-electron chi connectivity index (χ3n) is 2.39. The molecule has 2 N–H and O–H groups in total. The van der Waals surface area contributed by atoms with Crippen molar-refractivity contribution in [3.63, 3.8) is 0 Å². The fourth-order valence-electron chi connectivity index (χ4n) is 1.32. The van der Waals surface area contributed by atoms with Gasteiger partial charge >= 0.3 is 0 Å². The molecule has 0 aromatic carbocycles. The number of thiazole rings is 1. The summed E-state index contributed by atoms with van der Waals surface area (Å²) in [7, 11) is 0. The van der Waals surface area contributed by atoms with Crippen molar-refractivity contribution in [3.8, 4) is 10.8 Å². The van der Waals surface area contributed by atoms with Crippen LogP contribution in [-0.2, 0) is 5.75 Å². The Morgan fingerprint density at radius 1 is 1.59 bits per heavy atom. The molecule has 17 heavy (non-hydrogen) atoms. The predicted octanol–water partition coefficient (Wildman–Crippen LogP) is 3.37. The minimum atomic E-state index is 0.295. The second kappa shape index (κ2) is 6.23. The number of furan rings is 1. The van der Waals surface area contributed by atoms with Crippen LogP contribution in [0.15, 0.2) is 28.2 Å². The quantitative estimate of drug-likeness (QED) is 0.872. The van der Waals surface area contributed by atoms with Crippen LogP contribution < -0.4 is 5.73 Å². The summed E-state index contributed by atoms with van der Waals surface area (Å²) < 4.78 is 5.31. The van der Waals surface area contributed by atoms with Gasteiger partial charge < -0.3 is 10.2 Å². The lowest BCUT2D eigenvalue weighted by molar-refractivity contribution is 0.581. The van der Waals surface area contributed by atoms with Crippen molar-refractivity contribution >= 4 is 23.1 Å². The van der Waals surface area contributed by atoms with Gasteiger partial charge in [0.05, 0.1) is 12.0 Å². The molecule has 1 atom stereocenters. The van der Waals surface area contributed by atoms with E-state index in [-0.39, 0.29) is 0 Å². The molecular weight excluding hydrogens is 252 g/mol. The van der Waals surface area contributed by atoms with Gasteiger partial charge in [-0.3, -0.25) is 0 Å². The first-order valence-electron chi connectivity index (χ1n) is 5.61. The molecule has 0 amide bonds. The molecule has 0 bridgehead atoms. The van der Waals surface area contributed by atoms with E-state index in [1.807, 2.05) is 23.9 Å². The van der Waals surface area contributed by atoms with Crippen LogP contribution in [0.1, 0.15) is 19.0 Å². The molecule has 2 rings (SSSR count). The van der Waals surface area contributed by atoms with E-state index in [0.717, 1.165) is 34.4 Å². The highest BCUT2D eigenvalue weighted by atomic mass is 32.2. The van der Waals surface area contributed by atoms with Crippen molar-refractivity contribution in [1.82, 2.24) is 4.98 Å². The van der Waals surface area contributed by atoms with Crippen LogP contribution in [0.25, 0.3) is 10.8 Å². The molecular formula is C12H16N2OS2. The zero-order chi connectivity index (χ0) is 12.1. The summed E-state index contributed by atoms with van der Waals surface area (Å²) in [5, 5.41) is 3.04. The van der Waals surface area contributed by atoms with E-state index in [1.165, 1.54) is 0 Å². The normalized spacial score (nSPS) is 12.8. The maximum atomic E-state index is 5.87. The van der Waals surface area contributed by atoms with E-state index in [4.69, 9.17) is 10.2 Å². The lowest BCUT2D eigenvalue weighted by Crippen LogP contribution is -2.21. The van der Waals surface area contributed by atoms with Crippen molar-refractivity contribution < 1.29 is 4.42 Å². The minimum absolute atomic E-state index is 0.295. The van der Waals surface area contributed by atoms with Gasteiger partial charge in [-0.15, -0.1) is 11.3 Å². The Bertz CT molecular complexity index is 439. The minimum Gasteiger partial charge on any atom is -0.462 e. The van der Waals surface area contributed by atoms with Crippen LogP contribution in [0.2, 0.25) is 0 Å². The predicted molar refractivity (Wildman–Crippen MR) is 74.2 cm³/mol. The average molecular weight is 268 g/mol. The standard InChI is InChI=1S/C12H16N2OS2/c1-2-9(13)6-16-7-10-8-17-12(14-10)11-4-3-5-15-11/h3-5,8-9H,2,6-7,13H2,1H3. The first-order chi connectivity index (χ1) is 8.29. The monoisotopic (exact) mass is 268 g/mol. The molecule has 0 aliphatic rings. The maximum Gasteiger partial charge on any atom is 0.162 e. The summed E-state index contributed by atoms with van der Waals surface area (Å²) in [6, 6.07) is 4.11. The van der Waals surface area contributed by atoms with Gasteiger partial charge in [-0.2, -0.15) is 11.8 Å². The molecule has 0 aliphatic heterocycles. The van der Waals surface area contributed by atoms with E-state index in [9.17, 15) is 0 Å². The Kier molecular flexibility index (Phi) is 4.65. The Hall–Kier alpha value is -0.780. The number of aromatic nitrogens is 1.